The highest BCUT2D eigenvalue weighted by Gasteiger charge is 2.03. The predicted molar refractivity (Wildman–Crippen MR) is 69.2 cm³/mol. The molecule has 0 saturated heterocycles. The Bertz CT molecular complexity index is 660. The Kier molecular flexibility index (Phi) is 3.14. The van der Waals surface area contributed by atoms with Crippen molar-refractivity contribution in [2.75, 3.05) is 5.43 Å². The lowest BCUT2D eigenvalue weighted by atomic mass is 10.2. The van der Waals surface area contributed by atoms with Crippen molar-refractivity contribution in [3.63, 3.8) is 0 Å². The number of halogens is 1. The largest absolute Gasteiger partial charge is 0.347 e. The van der Waals surface area contributed by atoms with Crippen LogP contribution in [0, 0.1) is 6.92 Å². The van der Waals surface area contributed by atoms with E-state index in [-0.39, 0.29) is 4.47 Å². The SMILES string of the molecule is Cc1ccccc1Nn1cc(Br)c(=O)[nH]c1=O. The molecule has 6 heteroatoms. The highest BCUT2D eigenvalue weighted by Crippen LogP contribution is 2.12. The molecule has 0 spiro atoms. The summed E-state index contributed by atoms with van der Waals surface area (Å²) < 4.78 is 1.51. The van der Waals surface area contributed by atoms with Crippen molar-refractivity contribution in [3.8, 4) is 0 Å². The van der Waals surface area contributed by atoms with E-state index in [1.165, 1.54) is 10.9 Å². The van der Waals surface area contributed by atoms with Crippen LogP contribution in [0.15, 0.2) is 44.5 Å². The second-order valence-corrected chi connectivity index (χ2v) is 4.39. The maximum Gasteiger partial charge on any atom is 0.347 e. The van der Waals surface area contributed by atoms with Gasteiger partial charge in [0.05, 0.1) is 11.9 Å². The first kappa shape index (κ1) is 11.7. The fourth-order valence-corrected chi connectivity index (χ4v) is 1.66. The summed E-state index contributed by atoms with van der Waals surface area (Å²) in [6, 6.07) is 7.54. The molecule has 0 aliphatic carbocycles. The average Bonchev–Trinajstić information content (AvgIpc) is 2.29. The Balaban J connectivity index is 2.44. The molecular formula is C11H10BrN3O2. The van der Waals surface area contributed by atoms with Gasteiger partial charge in [-0.1, -0.05) is 18.2 Å². The van der Waals surface area contributed by atoms with E-state index in [1.54, 1.807) is 0 Å². The van der Waals surface area contributed by atoms with Crippen LogP contribution in [0.2, 0.25) is 0 Å². The van der Waals surface area contributed by atoms with Gasteiger partial charge in [-0.3, -0.25) is 15.2 Å². The molecule has 1 aromatic heterocycles. The number of H-pyrrole nitrogens is 1. The quantitative estimate of drug-likeness (QED) is 0.882. The van der Waals surface area contributed by atoms with Crippen LogP contribution in [0.5, 0.6) is 0 Å². The lowest BCUT2D eigenvalue weighted by molar-refractivity contribution is 0.822. The number of hydrogen-bond acceptors (Lipinski definition) is 3. The molecule has 2 aromatic rings. The first-order valence-corrected chi connectivity index (χ1v) is 5.71. The zero-order chi connectivity index (χ0) is 12.4. The summed E-state index contributed by atoms with van der Waals surface area (Å²) in [7, 11) is 0. The molecule has 0 unspecified atom stereocenters. The predicted octanol–water partition coefficient (Wildman–Crippen LogP) is 1.48. The Morgan fingerprint density at radius 1 is 1.29 bits per heavy atom. The van der Waals surface area contributed by atoms with Crippen molar-refractivity contribution >= 4 is 21.6 Å². The summed E-state index contributed by atoms with van der Waals surface area (Å²) in [6.45, 7) is 1.92. The van der Waals surface area contributed by atoms with Gasteiger partial charge in [-0.2, -0.15) is 0 Å². The van der Waals surface area contributed by atoms with Crippen LogP contribution in [-0.4, -0.2) is 9.66 Å². The summed E-state index contributed by atoms with van der Waals surface area (Å²) in [5.74, 6) is 0. The smallest absolute Gasteiger partial charge is 0.290 e. The lowest BCUT2D eigenvalue weighted by Crippen LogP contribution is -2.33. The van der Waals surface area contributed by atoms with Gasteiger partial charge in [0.2, 0.25) is 0 Å². The van der Waals surface area contributed by atoms with Crippen LogP contribution >= 0.6 is 15.9 Å². The first-order chi connectivity index (χ1) is 8.08. The van der Waals surface area contributed by atoms with Gasteiger partial charge in [-0.15, -0.1) is 0 Å². The summed E-state index contributed by atoms with van der Waals surface area (Å²) in [4.78, 5) is 24.9. The third-order valence-corrected chi connectivity index (χ3v) is 2.85. The van der Waals surface area contributed by atoms with Crippen molar-refractivity contribution in [3.05, 3.63) is 61.3 Å². The lowest BCUT2D eigenvalue weighted by Gasteiger charge is -2.10. The van der Waals surface area contributed by atoms with Gasteiger partial charge < -0.3 is 0 Å². The van der Waals surface area contributed by atoms with E-state index in [2.05, 4.69) is 26.3 Å². The minimum atomic E-state index is -0.513. The van der Waals surface area contributed by atoms with Crippen LogP contribution < -0.4 is 16.7 Å². The van der Waals surface area contributed by atoms with Crippen LogP contribution in [-0.2, 0) is 0 Å². The van der Waals surface area contributed by atoms with Crippen molar-refractivity contribution in [1.29, 1.82) is 0 Å². The number of nitrogens with zero attached hydrogens (tertiary/aromatic N) is 1. The van der Waals surface area contributed by atoms with E-state index in [4.69, 9.17) is 0 Å². The molecule has 0 bridgehead atoms. The number of nitrogens with one attached hydrogen (secondary N) is 2. The maximum absolute atomic E-state index is 11.5. The minimum Gasteiger partial charge on any atom is -0.290 e. The molecule has 5 nitrogen and oxygen atoms in total. The monoisotopic (exact) mass is 295 g/mol. The van der Waals surface area contributed by atoms with Gasteiger partial charge in [0.1, 0.15) is 4.47 Å². The first-order valence-electron chi connectivity index (χ1n) is 4.92. The molecule has 0 radical (unpaired) electrons. The van der Waals surface area contributed by atoms with Gasteiger partial charge in [-0.05, 0) is 34.5 Å². The zero-order valence-electron chi connectivity index (χ0n) is 9.03. The van der Waals surface area contributed by atoms with E-state index in [0.29, 0.717) is 0 Å². The second kappa shape index (κ2) is 4.58. The molecule has 17 heavy (non-hydrogen) atoms. The number of hydrogen-bond donors (Lipinski definition) is 2. The zero-order valence-corrected chi connectivity index (χ0v) is 10.6. The molecule has 0 fully saturated rings. The van der Waals surface area contributed by atoms with E-state index in [9.17, 15) is 9.59 Å². The normalized spacial score (nSPS) is 10.2. The molecule has 0 atom stereocenters. The summed E-state index contributed by atoms with van der Waals surface area (Å²) in [6.07, 6.45) is 1.40. The number of para-hydroxylation sites is 1. The number of aromatic amines is 1. The van der Waals surface area contributed by atoms with Gasteiger partial charge in [0.25, 0.3) is 5.56 Å². The Morgan fingerprint density at radius 2 is 2.00 bits per heavy atom. The van der Waals surface area contributed by atoms with Crippen molar-refractivity contribution in [2.45, 2.75) is 6.92 Å². The average molecular weight is 296 g/mol. The standard InChI is InChI=1S/C11H10BrN3O2/c1-7-4-2-3-5-9(7)14-15-6-8(12)10(16)13-11(15)17/h2-6,14H,1H3,(H,13,16,17). The van der Waals surface area contributed by atoms with Crippen molar-refractivity contribution in [1.82, 2.24) is 9.66 Å². The molecule has 1 aromatic carbocycles. The van der Waals surface area contributed by atoms with Gasteiger partial charge in [0, 0.05) is 0 Å². The Hall–Kier alpha value is -1.82. The Labute approximate surface area is 105 Å². The van der Waals surface area contributed by atoms with E-state index < -0.39 is 11.2 Å². The van der Waals surface area contributed by atoms with E-state index in [0.717, 1.165) is 11.3 Å². The number of aryl methyl sites for hydroxylation is 1. The van der Waals surface area contributed by atoms with Gasteiger partial charge >= 0.3 is 5.69 Å². The molecule has 0 aliphatic heterocycles. The number of benzene rings is 1. The fourth-order valence-electron chi connectivity index (χ4n) is 1.36. The fraction of sp³-hybridized carbons (Fsp3) is 0.0909. The summed E-state index contributed by atoms with van der Waals surface area (Å²) in [5.41, 5.74) is 3.75. The molecule has 2 N–H and O–H groups in total. The molecule has 2 rings (SSSR count). The summed E-state index contributed by atoms with van der Waals surface area (Å²) in [5, 5.41) is 0. The van der Waals surface area contributed by atoms with Gasteiger partial charge in [-0.25, -0.2) is 9.47 Å². The van der Waals surface area contributed by atoms with E-state index >= 15 is 0 Å². The van der Waals surface area contributed by atoms with Crippen LogP contribution in [0.4, 0.5) is 5.69 Å². The van der Waals surface area contributed by atoms with Crippen molar-refractivity contribution in [2.24, 2.45) is 0 Å². The van der Waals surface area contributed by atoms with Crippen LogP contribution in [0.3, 0.4) is 0 Å². The third kappa shape index (κ3) is 2.47. The number of anilines is 1. The Morgan fingerprint density at radius 3 is 2.71 bits per heavy atom. The topological polar surface area (TPSA) is 66.9 Å². The minimum absolute atomic E-state index is 0.290. The van der Waals surface area contributed by atoms with E-state index in [1.807, 2.05) is 31.2 Å². The van der Waals surface area contributed by atoms with Crippen molar-refractivity contribution < 1.29 is 0 Å². The second-order valence-electron chi connectivity index (χ2n) is 3.53. The van der Waals surface area contributed by atoms with Crippen LogP contribution in [0.25, 0.3) is 0 Å². The molecule has 0 amide bonds. The number of rotatable bonds is 2. The molecule has 0 aliphatic rings. The highest BCUT2D eigenvalue weighted by molar-refractivity contribution is 9.10. The summed E-state index contributed by atoms with van der Waals surface area (Å²) >= 11 is 3.07. The highest BCUT2D eigenvalue weighted by atomic mass is 79.9. The third-order valence-electron chi connectivity index (χ3n) is 2.28. The molecule has 1 heterocycles. The maximum atomic E-state index is 11.5. The van der Waals surface area contributed by atoms with Crippen LogP contribution in [0.1, 0.15) is 5.56 Å². The van der Waals surface area contributed by atoms with Gasteiger partial charge in [0.15, 0.2) is 0 Å². The molecule has 88 valence electrons. The number of aromatic nitrogens is 2. The molecular weight excluding hydrogens is 286 g/mol. The molecule has 0 saturated carbocycles.